The fourth-order valence-corrected chi connectivity index (χ4v) is 1.22. The molecule has 19 heavy (non-hydrogen) atoms. The smallest absolute Gasteiger partial charge is 0.314 e. The van der Waals surface area contributed by atoms with E-state index in [0.29, 0.717) is 12.4 Å². The molecule has 2 rings (SSSR count). The first kappa shape index (κ1) is 13.2. The van der Waals surface area contributed by atoms with Gasteiger partial charge in [-0.1, -0.05) is 5.16 Å². The molecule has 1 atom stereocenters. The van der Waals surface area contributed by atoms with E-state index in [0.717, 1.165) is 0 Å². The molecule has 2 heterocycles. The molecule has 1 aliphatic heterocycles. The van der Waals surface area contributed by atoms with Gasteiger partial charge in [0, 0.05) is 12.4 Å². The van der Waals surface area contributed by atoms with Crippen LogP contribution in [0.2, 0.25) is 0 Å². The van der Waals surface area contributed by atoms with Gasteiger partial charge in [0.05, 0.1) is 11.6 Å². The average Bonchev–Trinajstić information content (AvgIpc) is 2.66. The predicted molar refractivity (Wildman–Crippen MR) is 55.8 cm³/mol. The van der Waals surface area contributed by atoms with Crippen LogP contribution in [0.25, 0.3) is 0 Å². The van der Waals surface area contributed by atoms with Crippen LogP contribution in [-0.2, 0) is 11.0 Å². The zero-order valence-corrected chi connectivity index (χ0v) is 9.52. The minimum absolute atomic E-state index is 0.0449. The Hall–Kier alpha value is -2.23. The lowest BCUT2D eigenvalue weighted by Crippen LogP contribution is -2.29. The highest BCUT2D eigenvalue weighted by Crippen LogP contribution is 2.28. The highest BCUT2D eigenvalue weighted by molar-refractivity contribution is 6.42. The Labute approximate surface area is 104 Å². The molecule has 1 unspecified atom stereocenters. The Bertz CT molecular complexity index is 514. The minimum atomic E-state index is -4.52. The average molecular weight is 275 g/mol. The summed E-state index contributed by atoms with van der Waals surface area (Å²) in [5.74, 6) is -0.487. The fourth-order valence-electron chi connectivity index (χ4n) is 1.22. The van der Waals surface area contributed by atoms with Gasteiger partial charge in [0.25, 0.3) is 5.91 Å². The molecule has 1 amide bonds. The standard InChI is InChI=1S/C9H8F3N5O2/c1-4-6(7(18)16-15-4)17-19-8-13-2-5(3-14-8)9(10,11)12/h2-4,15H,1H3,(H,16,18). The topological polar surface area (TPSA) is 88.5 Å². The second-order valence-electron chi connectivity index (χ2n) is 3.64. The Kier molecular flexibility index (Phi) is 3.34. The number of nitrogens with one attached hydrogen (secondary N) is 2. The summed E-state index contributed by atoms with van der Waals surface area (Å²) in [6, 6.07) is -0.769. The van der Waals surface area contributed by atoms with E-state index >= 15 is 0 Å². The number of halogens is 3. The molecule has 1 aromatic rings. The molecule has 0 bridgehead atoms. The van der Waals surface area contributed by atoms with Gasteiger partial charge in [0.2, 0.25) is 0 Å². The number of hydrogen-bond donors (Lipinski definition) is 2. The largest absolute Gasteiger partial charge is 0.419 e. The first-order valence-electron chi connectivity index (χ1n) is 5.08. The quantitative estimate of drug-likeness (QED) is 0.755. The van der Waals surface area contributed by atoms with Crippen molar-refractivity contribution in [2.45, 2.75) is 19.1 Å². The van der Waals surface area contributed by atoms with Crippen LogP contribution in [0.5, 0.6) is 6.01 Å². The van der Waals surface area contributed by atoms with Crippen molar-refractivity contribution in [1.82, 2.24) is 20.8 Å². The van der Waals surface area contributed by atoms with E-state index in [2.05, 4.69) is 26.0 Å². The first-order chi connectivity index (χ1) is 8.88. The van der Waals surface area contributed by atoms with Crippen LogP contribution >= 0.6 is 0 Å². The van der Waals surface area contributed by atoms with Crippen LogP contribution in [0.1, 0.15) is 12.5 Å². The van der Waals surface area contributed by atoms with Gasteiger partial charge >= 0.3 is 12.2 Å². The summed E-state index contributed by atoms with van der Waals surface area (Å²) in [6.07, 6.45) is -3.38. The molecular formula is C9H8F3N5O2. The molecule has 1 saturated heterocycles. The zero-order valence-electron chi connectivity index (χ0n) is 9.52. The van der Waals surface area contributed by atoms with Gasteiger partial charge < -0.3 is 4.84 Å². The predicted octanol–water partition coefficient (Wildman–Crippen LogP) is 0.253. The minimum Gasteiger partial charge on any atom is -0.314 e. The van der Waals surface area contributed by atoms with E-state index in [-0.39, 0.29) is 17.8 Å². The maximum absolute atomic E-state index is 12.2. The lowest BCUT2D eigenvalue weighted by Gasteiger charge is -2.05. The second kappa shape index (κ2) is 4.80. The fraction of sp³-hybridized carbons (Fsp3) is 0.333. The Morgan fingerprint density at radius 2 is 2.00 bits per heavy atom. The Balaban J connectivity index is 2.08. The number of hydrogen-bond acceptors (Lipinski definition) is 6. The first-order valence-corrected chi connectivity index (χ1v) is 5.08. The van der Waals surface area contributed by atoms with Crippen molar-refractivity contribution in [3.63, 3.8) is 0 Å². The van der Waals surface area contributed by atoms with Crippen molar-refractivity contribution in [3.8, 4) is 6.01 Å². The van der Waals surface area contributed by atoms with Crippen molar-refractivity contribution in [2.75, 3.05) is 0 Å². The summed E-state index contributed by atoms with van der Waals surface area (Å²) in [4.78, 5) is 22.6. The monoisotopic (exact) mass is 275 g/mol. The number of alkyl halides is 3. The van der Waals surface area contributed by atoms with E-state index < -0.39 is 17.6 Å². The maximum Gasteiger partial charge on any atom is 0.419 e. The maximum atomic E-state index is 12.2. The highest BCUT2D eigenvalue weighted by Gasteiger charge is 2.31. The van der Waals surface area contributed by atoms with Gasteiger partial charge in [-0.05, 0) is 6.92 Å². The number of rotatable bonds is 2. The van der Waals surface area contributed by atoms with E-state index in [1.54, 1.807) is 6.92 Å². The number of amides is 1. The SMILES string of the molecule is CC1NNC(=O)C1=NOc1ncc(C(F)(F)F)cn1. The molecule has 2 N–H and O–H groups in total. The molecular weight excluding hydrogens is 267 g/mol. The third-order valence-electron chi connectivity index (χ3n) is 2.23. The van der Waals surface area contributed by atoms with Gasteiger partial charge in [0.15, 0.2) is 5.71 Å². The van der Waals surface area contributed by atoms with Crippen LogP contribution in [0.15, 0.2) is 17.5 Å². The van der Waals surface area contributed by atoms with Crippen LogP contribution in [0.3, 0.4) is 0 Å². The van der Waals surface area contributed by atoms with Crippen LogP contribution in [0, 0.1) is 0 Å². The van der Waals surface area contributed by atoms with E-state index in [4.69, 9.17) is 4.84 Å². The number of hydrazine groups is 1. The summed E-state index contributed by atoms with van der Waals surface area (Å²) < 4.78 is 36.7. The third kappa shape index (κ3) is 2.96. The molecule has 10 heteroatoms. The number of aromatic nitrogens is 2. The summed E-state index contributed by atoms with van der Waals surface area (Å²) >= 11 is 0. The van der Waals surface area contributed by atoms with Crippen LogP contribution in [0.4, 0.5) is 13.2 Å². The van der Waals surface area contributed by atoms with Crippen LogP contribution < -0.4 is 15.7 Å². The molecule has 0 aromatic carbocycles. The molecule has 1 aromatic heterocycles. The van der Waals surface area contributed by atoms with Crippen LogP contribution in [-0.4, -0.2) is 27.6 Å². The summed E-state index contributed by atoms with van der Waals surface area (Å²) in [6.45, 7) is 1.65. The molecule has 0 aliphatic carbocycles. The van der Waals surface area contributed by atoms with Gasteiger partial charge in [-0.25, -0.2) is 15.4 Å². The van der Waals surface area contributed by atoms with Crippen molar-refractivity contribution in [2.24, 2.45) is 5.16 Å². The van der Waals surface area contributed by atoms with Gasteiger partial charge in [-0.3, -0.25) is 10.2 Å². The summed E-state index contributed by atoms with van der Waals surface area (Å²) in [5, 5.41) is 3.48. The molecule has 0 spiro atoms. The molecule has 7 nitrogen and oxygen atoms in total. The van der Waals surface area contributed by atoms with E-state index in [9.17, 15) is 18.0 Å². The number of nitrogens with zero attached hydrogens (tertiary/aromatic N) is 3. The third-order valence-corrected chi connectivity index (χ3v) is 2.23. The molecule has 1 aliphatic rings. The lowest BCUT2D eigenvalue weighted by molar-refractivity contribution is -0.138. The molecule has 0 saturated carbocycles. The van der Waals surface area contributed by atoms with E-state index in [1.807, 2.05) is 0 Å². The van der Waals surface area contributed by atoms with Gasteiger partial charge in [-0.15, -0.1) is 0 Å². The molecule has 102 valence electrons. The molecule has 0 radical (unpaired) electrons. The summed E-state index contributed by atoms with van der Waals surface area (Å²) in [7, 11) is 0. The number of carbonyl (C=O) groups excluding carboxylic acids is 1. The normalized spacial score (nSPS) is 21.6. The van der Waals surface area contributed by atoms with Crippen molar-refractivity contribution in [3.05, 3.63) is 18.0 Å². The molecule has 1 fully saturated rings. The Morgan fingerprint density at radius 1 is 1.37 bits per heavy atom. The number of oxime groups is 1. The highest BCUT2D eigenvalue weighted by atomic mass is 19.4. The summed E-state index contributed by atoms with van der Waals surface area (Å²) in [5.41, 5.74) is 3.93. The van der Waals surface area contributed by atoms with Crippen molar-refractivity contribution < 1.29 is 22.8 Å². The zero-order chi connectivity index (χ0) is 14.0. The van der Waals surface area contributed by atoms with E-state index in [1.165, 1.54) is 0 Å². The van der Waals surface area contributed by atoms with Gasteiger partial charge in [-0.2, -0.15) is 13.2 Å². The second-order valence-corrected chi connectivity index (χ2v) is 3.64. The van der Waals surface area contributed by atoms with Gasteiger partial charge in [0.1, 0.15) is 0 Å². The number of carbonyl (C=O) groups is 1. The lowest BCUT2D eigenvalue weighted by atomic mass is 10.2. The van der Waals surface area contributed by atoms with Crippen molar-refractivity contribution >= 4 is 11.6 Å². The van der Waals surface area contributed by atoms with Crippen molar-refractivity contribution in [1.29, 1.82) is 0 Å². The Morgan fingerprint density at radius 3 is 2.47 bits per heavy atom.